The molecule has 5 nitrogen and oxygen atoms in total. The molecule has 0 fully saturated rings. The van der Waals surface area contributed by atoms with Crippen LogP contribution in [0, 0.1) is 5.41 Å². The van der Waals surface area contributed by atoms with Gasteiger partial charge in [0, 0.05) is 20.3 Å². The fourth-order valence-corrected chi connectivity index (χ4v) is 0.714. The maximum Gasteiger partial charge on any atom is 0.225 e. The average molecular weight is 165 g/mol. The van der Waals surface area contributed by atoms with Crippen LogP contribution in [0.4, 0.5) is 5.95 Å². The lowest BCUT2D eigenvalue weighted by Gasteiger charge is -2.09. The zero-order valence-corrected chi connectivity index (χ0v) is 7.07. The Morgan fingerprint density at radius 1 is 1.58 bits per heavy atom. The third-order valence-corrected chi connectivity index (χ3v) is 1.32. The molecule has 3 N–H and O–H groups in total. The van der Waals surface area contributed by atoms with Crippen LogP contribution in [-0.2, 0) is 0 Å². The fraction of sp³-hybridized carbons (Fsp3) is 0.286. The van der Waals surface area contributed by atoms with Crippen molar-refractivity contribution < 1.29 is 0 Å². The van der Waals surface area contributed by atoms with Gasteiger partial charge in [-0.25, -0.2) is 9.97 Å². The molecule has 0 aliphatic carbocycles. The molecule has 0 atom stereocenters. The van der Waals surface area contributed by atoms with Gasteiger partial charge in [0.15, 0.2) is 0 Å². The van der Waals surface area contributed by atoms with E-state index in [1.54, 1.807) is 17.2 Å². The molecular weight excluding hydrogens is 154 g/mol. The van der Waals surface area contributed by atoms with Crippen molar-refractivity contribution in [1.29, 1.82) is 5.41 Å². The molecule has 0 aliphatic rings. The van der Waals surface area contributed by atoms with Gasteiger partial charge in [0.05, 0.1) is 0 Å². The van der Waals surface area contributed by atoms with Crippen LogP contribution in [0.3, 0.4) is 0 Å². The molecule has 0 bridgehead atoms. The molecule has 0 saturated heterocycles. The number of aromatic nitrogens is 2. The first-order valence-corrected chi connectivity index (χ1v) is 3.46. The average Bonchev–Trinajstić information content (AvgIpc) is 2.04. The van der Waals surface area contributed by atoms with Crippen molar-refractivity contribution in [3.8, 4) is 0 Å². The first-order valence-electron chi connectivity index (χ1n) is 3.46. The first-order chi connectivity index (χ1) is 5.61. The third kappa shape index (κ3) is 1.69. The summed E-state index contributed by atoms with van der Waals surface area (Å²) in [5, 5.41) is 7.14. The second kappa shape index (κ2) is 3.17. The van der Waals surface area contributed by atoms with Crippen LogP contribution in [0.15, 0.2) is 12.3 Å². The summed E-state index contributed by atoms with van der Waals surface area (Å²) >= 11 is 0. The summed E-state index contributed by atoms with van der Waals surface area (Å²) in [6, 6.07) is 1.61. The van der Waals surface area contributed by atoms with Crippen molar-refractivity contribution in [1.82, 2.24) is 9.97 Å². The van der Waals surface area contributed by atoms with E-state index in [9.17, 15) is 0 Å². The second-order valence-corrected chi connectivity index (χ2v) is 2.55. The molecule has 64 valence electrons. The van der Waals surface area contributed by atoms with Crippen LogP contribution in [0.2, 0.25) is 0 Å². The molecule has 12 heavy (non-hydrogen) atoms. The Morgan fingerprint density at radius 3 is 2.75 bits per heavy atom. The van der Waals surface area contributed by atoms with E-state index >= 15 is 0 Å². The van der Waals surface area contributed by atoms with Crippen molar-refractivity contribution in [3.63, 3.8) is 0 Å². The van der Waals surface area contributed by atoms with Gasteiger partial charge in [0.1, 0.15) is 11.5 Å². The predicted octanol–water partition coefficient (Wildman–Crippen LogP) is -0.173. The van der Waals surface area contributed by atoms with Crippen molar-refractivity contribution in [2.75, 3.05) is 19.0 Å². The topological polar surface area (TPSA) is 78.9 Å². The van der Waals surface area contributed by atoms with E-state index in [0.29, 0.717) is 11.6 Å². The normalized spacial score (nSPS) is 9.50. The summed E-state index contributed by atoms with van der Waals surface area (Å²) in [5.74, 6) is 0.517. The fourth-order valence-electron chi connectivity index (χ4n) is 0.714. The van der Waals surface area contributed by atoms with Gasteiger partial charge >= 0.3 is 0 Å². The molecule has 0 spiro atoms. The highest BCUT2D eigenvalue weighted by atomic mass is 15.2. The lowest BCUT2D eigenvalue weighted by atomic mass is 10.4. The van der Waals surface area contributed by atoms with Crippen LogP contribution in [0.25, 0.3) is 0 Å². The SMILES string of the molecule is CN(C)c1nccc(C(=N)N)n1. The number of amidine groups is 1. The van der Waals surface area contributed by atoms with Gasteiger partial charge in [-0.2, -0.15) is 0 Å². The zero-order chi connectivity index (χ0) is 9.14. The molecule has 0 unspecified atom stereocenters. The molecule has 1 heterocycles. The molecule has 1 aromatic heterocycles. The van der Waals surface area contributed by atoms with Crippen molar-refractivity contribution >= 4 is 11.8 Å². The van der Waals surface area contributed by atoms with Gasteiger partial charge in [-0.15, -0.1) is 0 Å². The van der Waals surface area contributed by atoms with Gasteiger partial charge in [-0.3, -0.25) is 5.41 Å². The van der Waals surface area contributed by atoms with E-state index in [1.807, 2.05) is 14.1 Å². The molecular formula is C7H11N5. The molecule has 5 heteroatoms. The Labute approximate surface area is 70.8 Å². The lowest BCUT2D eigenvalue weighted by molar-refractivity contribution is 0.991. The highest BCUT2D eigenvalue weighted by Gasteiger charge is 2.01. The van der Waals surface area contributed by atoms with Crippen LogP contribution < -0.4 is 10.6 Å². The summed E-state index contributed by atoms with van der Waals surface area (Å²) in [5.41, 5.74) is 5.71. The maximum atomic E-state index is 7.14. The van der Waals surface area contributed by atoms with Crippen LogP contribution in [0.5, 0.6) is 0 Å². The van der Waals surface area contributed by atoms with E-state index in [0.717, 1.165) is 0 Å². The Morgan fingerprint density at radius 2 is 2.25 bits per heavy atom. The number of nitrogen functional groups attached to an aromatic ring is 1. The number of nitrogens with two attached hydrogens (primary N) is 1. The van der Waals surface area contributed by atoms with Crippen LogP contribution in [-0.4, -0.2) is 29.9 Å². The minimum atomic E-state index is -0.0412. The van der Waals surface area contributed by atoms with E-state index in [2.05, 4.69) is 9.97 Å². The Bertz CT molecular complexity index is 294. The molecule has 1 aromatic rings. The minimum Gasteiger partial charge on any atom is -0.382 e. The highest BCUT2D eigenvalue weighted by Crippen LogP contribution is 2.01. The molecule has 0 saturated carbocycles. The number of nitrogens with one attached hydrogen (secondary N) is 1. The summed E-state index contributed by atoms with van der Waals surface area (Å²) in [6.07, 6.45) is 1.58. The molecule has 0 radical (unpaired) electrons. The number of rotatable bonds is 2. The monoisotopic (exact) mass is 165 g/mol. The van der Waals surface area contributed by atoms with E-state index < -0.39 is 0 Å². The number of hydrogen-bond donors (Lipinski definition) is 2. The Kier molecular flexibility index (Phi) is 2.23. The highest BCUT2D eigenvalue weighted by molar-refractivity contribution is 5.93. The molecule has 1 rings (SSSR count). The first kappa shape index (κ1) is 8.45. The minimum absolute atomic E-state index is 0.0412. The van der Waals surface area contributed by atoms with Gasteiger partial charge in [0.25, 0.3) is 0 Å². The number of anilines is 1. The van der Waals surface area contributed by atoms with Crippen molar-refractivity contribution in [2.45, 2.75) is 0 Å². The maximum absolute atomic E-state index is 7.14. The molecule has 0 aromatic carbocycles. The lowest BCUT2D eigenvalue weighted by Crippen LogP contribution is -2.18. The summed E-state index contributed by atoms with van der Waals surface area (Å²) in [7, 11) is 3.67. The zero-order valence-electron chi connectivity index (χ0n) is 7.07. The largest absolute Gasteiger partial charge is 0.382 e. The summed E-state index contributed by atoms with van der Waals surface area (Å²) in [4.78, 5) is 9.78. The third-order valence-electron chi connectivity index (χ3n) is 1.32. The Balaban J connectivity index is 3.04. The summed E-state index contributed by atoms with van der Waals surface area (Å²) in [6.45, 7) is 0. The summed E-state index contributed by atoms with van der Waals surface area (Å²) < 4.78 is 0. The standard InChI is InChI=1S/C7H11N5/c1-12(2)7-10-4-3-5(11-7)6(8)9/h3-4H,1-2H3,(H3,8,9). The van der Waals surface area contributed by atoms with E-state index in [4.69, 9.17) is 11.1 Å². The quantitative estimate of drug-likeness (QED) is 0.471. The second-order valence-electron chi connectivity index (χ2n) is 2.55. The van der Waals surface area contributed by atoms with E-state index in [1.165, 1.54) is 0 Å². The molecule has 0 aliphatic heterocycles. The number of hydrogen-bond acceptors (Lipinski definition) is 4. The Hall–Kier alpha value is -1.65. The van der Waals surface area contributed by atoms with Gasteiger partial charge < -0.3 is 10.6 Å². The predicted molar refractivity (Wildman–Crippen MR) is 47.4 cm³/mol. The van der Waals surface area contributed by atoms with Crippen molar-refractivity contribution in [3.05, 3.63) is 18.0 Å². The van der Waals surface area contributed by atoms with Crippen LogP contribution >= 0.6 is 0 Å². The van der Waals surface area contributed by atoms with Crippen molar-refractivity contribution in [2.24, 2.45) is 5.73 Å². The van der Waals surface area contributed by atoms with Crippen LogP contribution in [0.1, 0.15) is 5.69 Å². The van der Waals surface area contributed by atoms with Gasteiger partial charge in [0.2, 0.25) is 5.95 Å². The van der Waals surface area contributed by atoms with Gasteiger partial charge in [-0.1, -0.05) is 0 Å². The van der Waals surface area contributed by atoms with E-state index in [-0.39, 0.29) is 5.84 Å². The smallest absolute Gasteiger partial charge is 0.225 e. The number of nitrogens with zero attached hydrogens (tertiary/aromatic N) is 3. The molecule has 0 amide bonds. The van der Waals surface area contributed by atoms with Gasteiger partial charge in [-0.05, 0) is 6.07 Å².